The number of nitriles is 1. The van der Waals surface area contributed by atoms with Crippen LogP contribution in [0.4, 0.5) is 16.2 Å². The number of rotatable bonds is 6. The lowest BCUT2D eigenvalue weighted by Crippen LogP contribution is -2.58. The van der Waals surface area contributed by atoms with E-state index >= 15 is 0 Å². The molecule has 1 aromatic heterocycles. The van der Waals surface area contributed by atoms with Gasteiger partial charge in [-0.15, -0.1) is 0 Å². The summed E-state index contributed by atoms with van der Waals surface area (Å²) in [6.07, 6.45) is 1.75. The molecule has 0 unspecified atom stereocenters. The second-order valence-electron chi connectivity index (χ2n) is 12.5. The van der Waals surface area contributed by atoms with E-state index < -0.39 is 17.8 Å². The first kappa shape index (κ1) is 30.2. The lowest BCUT2D eigenvalue weighted by atomic mass is 9.89. The topological polar surface area (TPSA) is 88.8 Å². The Kier molecular flexibility index (Phi) is 7.91. The van der Waals surface area contributed by atoms with Crippen LogP contribution < -0.4 is 14.5 Å². The van der Waals surface area contributed by atoms with Crippen molar-refractivity contribution in [3.05, 3.63) is 65.5 Å². The van der Waals surface area contributed by atoms with Crippen molar-refractivity contribution in [2.45, 2.75) is 31.3 Å². The number of benzene rings is 3. The molecule has 0 spiro atoms. The molecule has 2 fully saturated rings. The van der Waals surface area contributed by atoms with E-state index in [0.717, 1.165) is 70.0 Å². The highest BCUT2D eigenvalue weighted by Gasteiger charge is 2.36. The Balaban J connectivity index is 1.42. The van der Waals surface area contributed by atoms with Crippen molar-refractivity contribution in [2.75, 3.05) is 63.2 Å². The van der Waals surface area contributed by atoms with Gasteiger partial charge in [-0.25, -0.2) is 9.37 Å². The van der Waals surface area contributed by atoms with Crippen LogP contribution in [-0.2, 0) is 11.2 Å². The van der Waals surface area contributed by atoms with Gasteiger partial charge in [-0.1, -0.05) is 48.5 Å². The predicted octanol–water partition coefficient (Wildman–Crippen LogP) is 5.59. The number of amides is 1. The monoisotopic (exact) mass is 639 g/mol. The third-order valence-electron chi connectivity index (χ3n) is 9.45. The van der Waals surface area contributed by atoms with E-state index in [1.165, 1.54) is 4.90 Å². The molecule has 11 heteroatoms. The number of anilines is 2. The number of piperazine rings is 1. The SMILES string of the molecule is C=C(F)C(=O)N1CCN(c2nc(N3CC(N(C)C)C3)nc3cc(-c4cccc5cccc(Cl)c45)c4c(c23)OCCC4)C[C@@H]1CC#N. The predicted molar refractivity (Wildman–Crippen MR) is 179 cm³/mol. The highest BCUT2D eigenvalue weighted by molar-refractivity contribution is 6.36. The fourth-order valence-electron chi connectivity index (χ4n) is 6.93. The number of hydrogen-bond acceptors (Lipinski definition) is 8. The maximum absolute atomic E-state index is 13.9. The minimum Gasteiger partial charge on any atom is -0.492 e. The molecule has 0 aliphatic carbocycles. The summed E-state index contributed by atoms with van der Waals surface area (Å²) in [7, 11) is 4.14. The largest absolute Gasteiger partial charge is 0.492 e. The van der Waals surface area contributed by atoms with Crippen molar-refractivity contribution in [1.82, 2.24) is 19.8 Å². The van der Waals surface area contributed by atoms with Gasteiger partial charge in [0, 0.05) is 54.7 Å². The fraction of sp³-hybridized carbons (Fsp3) is 0.371. The summed E-state index contributed by atoms with van der Waals surface area (Å²) in [5.41, 5.74) is 3.89. The molecule has 0 radical (unpaired) electrons. The van der Waals surface area contributed by atoms with Crippen molar-refractivity contribution in [2.24, 2.45) is 0 Å². The van der Waals surface area contributed by atoms with Crippen LogP contribution in [0.25, 0.3) is 32.8 Å². The van der Waals surface area contributed by atoms with Gasteiger partial charge >= 0.3 is 0 Å². The number of hydrogen-bond donors (Lipinski definition) is 0. The Morgan fingerprint density at radius 1 is 1.11 bits per heavy atom. The molecule has 2 saturated heterocycles. The zero-order valence-corrected chi connectivity index (χ0v) is 26.7. The van der Waals surface area contributed by atoms with E-state index in [0.29, 0.717) is 42.5 Å². The first-order chi connectivity index (χ1) is 22.2. The van der Waals surface area contributed by atoms with Gasteiger partial charge in [0.1, 0.15) is 11.6 Å². The van der Waals surface area contributed by atoms with Gasteiger partial charge in [-0.2, -0.15) is 10.2 Å². The van der Waals surface area contributed by atoms with Crippen molar-refractivity contribution < 1.29 is 13.9 Å². The van der Waals surface area contributed by atoms with Crippen LogP contribution in [0.2, 0.25) is 5.02 Å². The number of likely N-dealkylation sites (N-methyl/N-ethyl adjacent to an activating group) is 1. The molecule has 0 bridgehead atoms. The number of carbonyl (C=O) groups is 1. The molecule has 7 rings (SSSR count). The highest BCUT2D eigenvalue weighted by Crippen LogP contribution is 2.46. The molecular weight excluding hydrogens is 605 g/mol. The van der Waals surface area contributed by atoms with Gasteiger partial charge in [0.2, 0.25) is 5.95 Å². The van der Waals surface area contributed by atoms with E-state index in [4.69, 9.17) is 26.3 Å². The minimum absolute atomic E-state index is 0.0582. The lowest BCUT2D eigenvalue weighted by molar-refractivity contribution is -0.131. The Hall–Kier alpha value is -4.46. The summed E-state index contributed by atoms with van der Waals surface area (Å²) in [5.74, 6) is 0.269. The summed E-state index contributed by atoms with van der Waals surface area (Å²) < 4.78 is 20.4. The third-order valence-corrected chi connectivity index (χ3v) is 9.77. The van der Waals surface area contributed by atoms with Gasteiger partial charge in [0.15, 0.2) is 5.83 Å². The number of halogens is 2. The summed E-state index contributed by atoms with van der Waals surface area (Å²) >= 11 is 6.81. The molecule has 0 N–H and O–H groups in total. The van der Waals surface area contributed by atoms with Crippen LogP contribution in [0.5, 0.6) is 5.75 Å². The maximum Gasteiger partial charge on any atom is 0.282 e. The number of carbonyl (C=O) groups excluding carboxylic acids is 1. The smallest absolute Gasteiger partial charge is 0.282 e. The quantitative estimate of drug-likeness (QED) is 0.252. The Labute approximate surface area is 272 Å². The van der Waals surface area contributed by atoms with Crippen LogP contribution in [0.3, 0.4) is 0 Å². The van der Waals surface area contributed by atoms with Crippen LogP contribution in [0.15, 0.2) is 54.9 Å². The van der Waals surface area contributed by atoms with Gasteiger partial charge in [-0.3, -0.25) is 4.79 Å². The van der Waals surface area contributed by atoms with Gasteiger partial charge in [-0.05, 0) is 55.6 Å². The minimum atomic E-state index is -1.03. The maximum atomic E-state index is 13.9. The fourth-order valence-corrected chi connectivity index (χ4v) is 7.21. The normalized spacial score (nSPS) is 18.3. The molecule has 4 heterocycles. The molecule has 236 valence electrons. The highest BCUT2D eigenvalue weighted by atomic mass is 35.5. The van der Waals surface area contributed by atoms with E-state index in [1.807, 2.05) is 12.1 Å². The summed E-state index contributed by atoms with van der Waals surface area (Å²) in [6, 6.07) is 16.4. The summed E-state index contributed by atoms with van der Waals surface area (Å²) in [5, 5.41) is 13.2. The van der Waals surface area contributed by atoms with Crippen molar-refractivity contribution in [3.8, 4) is 22.9 Å². The van der Waals surface area contributed by atoms with Crippen LogP contribution in [-0.4, -0.2) is 91.2 Å². The van der Waals surface area contributed by atoms with E-state index in [-0.39, 0.29) is 13.0 Å². The molecular formula is C35H35ClFN7O2. The molecule has 46 heavy (non-hydrogen) atoms. The molecule has 0 saturated carbocycles. The van der Waals surface area contributed by atoms with E-state index in [1.54, 1.807) is 0 Å². The van der Waals surface area contributed by atoms with Gasteiger partial charge in [0.25, 0.3) is 5.91 Å². The molecule has 3 aromatic carbocycles. The average molecular weight is 640 g/mol. The summed E-state index contributed by atoms with van der Waals surface area (Å²) in [6.45, 7) is 6.31. The van der Waals surface area contributed by atoms with Crippen LogP contribution in [0, 0.1) is 11.3 Å². The van der Waals surface area contributed by atoms with Gasteiger partial charge < -0.3 is 24.3 Å². The number of aromatic nitrogens is 2. The number of nitrogens with zero attached hydrogens (tertiary/aromatic N) is 7. The summed E-state index contributed by atoms with van der Waals surface area (Å²) in [4.78, 5) is 30.8. The molecule has 3 aliphatic rings. The first-order valence-electron chi connectivity index (χ1n) is 15.6. The Bertz CT molecular complexity index is 1910. The Morgan fingerprint density at radius 2 is 1.89 bits per heavy atom. The average Bonchev–Trinajstić information content (AvgIpc) is 3.02. The van der Waals surface area contributed by atoms with Crippen LogP contribution in [0.1, 0.15) is 18.4 Å². The standard InChI is InChI=1S/C35H35ClFN7O2/c1-21(37)34(45)44-15-14-42(18-23(44)12-13-38)33-31-29(39-35(40-33)43-19-24(20-43)41(2)3)17-27(26-10-6-16-46-32(26)31)25-9-4-7-22-8-5-11-28(36)30(22)25/h4-5,7-9,11,17,23-24H,1,6,10,12,14-16,18-20H2,2-3H3/t23-/m0/s1. The number of ether oxygens (including phenoxy) is 1. The van der Waals surface area contributed by atoms with Crippen molar-refractivity contribution >= 4 is 50.9 Å². The Morgan fingerprint density at radius 3 is 2.63 bits per heavy atom. The molecule has 3 aliphatic heterocycles. The number of fused-ring (bicyclic) bond motifs is 4. The first-order valence-corrected chi connectivity index (χ1v) is 16.0. The van der Waals surface area contributed by atoms with E-state index in [9.17, 15) is 14.4 Å². The van der Waals surface area contributed by atoms with Crippen LogP contribution >= 0.6 is 11.6 Å². The molecule has 1 atom stereocenters. The third kappa shape index (κ3) is 5.17. The van der Waals surface area contributed by atoms with Gasteiger partial charge in [0.05, 0.1) is 36.0 Å². The lowest BCUT2D eigenvalue weighted by Gasteiger charge is -2.44. The second kappa shape index (κ2) is 12.0. The zero-order chi connectivity index (χ0) is 32.1. The van der Waals surface area contributed by atoms with E-state index in [2.05, 4.69) is 71.8 Å². The molecule has 1 amide bonds. The second-order valence-corrected chi connectivity index (χ2v) is 12.9. The zero-order valence-electron chi connectivity index (χ0n) is 26.0. The molecule has 4 aromatic rings. The van der Waals surface area contributed by atoms with Crippen molar-refractivity contribution in [1.29, 1.82) is 5.26 Å². The van der Waals surface area contributed by atoms with Crippen molar-refractivity contribution in [3.63, 3.8) is 0 Å². The molecule has 9 nitrogen and oxygen atoms in total.